The summed E-state index contributed by atoms with van der Waals surface area (Å²) in [6.45, 7) is 0. The Morgan fingerprint density at radius 2 is 1.80 bits per heavy atom. The number of rotatable bonds is 2. The quantitative estimate of drug-likeness (QED) is 0.764. The molecule has 0 radical (unpaired) electrons. The van der Waals surface area contributed by atoms with E-state index < -0.39 is 35.1 Å². The van der Waals surface area contributed by atoms with Crippen molar-refractivity contribution < 1.29 is 27.8 Å². The first-order chi connectivity index (χ1) is 6.97. The molecule has 6 heteroatoms. The normalized spacial score (nSPS) is 12.3. The smallest absolute Gasteiger partial charge is 0.339 e. The number of hydrogen-bond donors (Lipinski definition) is 1. The van der Waals surface area contributed by atoms with E-state index in [1.165, 1.54) is 0 Å². The number of benzene rings is 1. The van der Waals surface area contributed by atoms with E-state index in [1.54, 1.807) is 0 Å². The number of carbonyl (C=O) groups excluding carboxylic acids is 1. The zero-order chi connectivity index (χ0) is 11.6. The number of esters is 1. The predicted molar refractivity (Wildman–Crippen MR) is 43.3 cm³/mol. The number of methoxy groups -OCH3 is 1. The lowest BCUT2D eigenvalue weighted by Gasteiger charge is -2.10. The Bertz CT molecular complexity index is 369. The van der Waals surface area contributed by atoms with Crippen molar-refractivity contribution in [2.24, 2.45) is 0 Å². The Labute approximate surface area is 83.1 Å². The second-order valence-electron chi connectivity index (χ2n) is 2.71. The molecule has 0 heterocycles. The highest BCUT2D eigenvalue weighted by molar-refractivity contribution is 5.76. The summed E-state index contributed by atoms with van der Waals surface area (Å²) in [7, 11) is 0.949. The van der Waals surface area contributed by atoms with Crippen molar-refractivity contribution in [2.75, 3.05) is 7.11 Å². The monoisotopic (exact) mass is 220 g/mol. The number of aliphatic hydroxyl groups excluding tert-OH is 1. The number of halogens is 3. The zero-order valence-corrected chi connectivity index (χ0v) is 7.63. The average Bonchev–Trinajstić information content (AvgIpc) is 2.14. The van der Waals surface area contributed by atoms with Gasteiger partial charge in [0.25, 0.3) is 0 Å². The number of aliphatic hydroxyl groups is 1. The minimum atomic E-state index is -2.10. The van der Waals surface area contributed by atoms with E-state index in [4.69, 9.17) is 5.11 Å². The Morgan fingerprint density at radius 1 is 1.33 bits per heavy atom. The third-order valence-corrected chi connectivity index (χ3v) is 1.74. The van der Waals surface area contributed by atoms with Gasteiger partial charge in [-0.3, -0.25) is 0 Å². The fourth-order valence-electron chi connectivity index (χ4n) is 1.04. The van der Waals surface area contributed by atoms with Crippen LogP contribution in [0.15, 0.2) is 12.1 Å². The van der Waals surface area contributed by atoms with Crippen LogP contribution in [0, 0.1) is 17.5 Å². The van der Waals surface area contributed by atoms with Gasteiger partial charge in [0.15, 0.2) is 6.10 Å². The second kappa shape index (κ2) is 4.31. The fourth-order valence-corrected chi connectivity index (χ4v) is 1.04. The molecule has 0 aliphatic rings. The van der Waals surface area contributed by atoms with Crippen LogP contribution in [0.4, 0.5) is 13.2 Å². The molecule has 1 atom stereocenters. The summed E-state index contributed by atoms with van der Waals surface area (Å²) >= 11 is 0. The van der Waals surface area contributed by atoms with Crippen LogP contribution in [-0.4, -0.2) is 18.2 Å². The summed E-state index contributed by atoms with van der Waals surface area (Å²) in [5.74, 6) is -5.04. The van der Waals surface area contributed by atoms with Gasteiger partial charge < -0.3 is 9.84 Å². The molecule has 3 nitrogen and oxygen atoms in total. The van der Waals surface area contributed by atoms with Gasteiger partial charge in [0.1, 0.15) is 17.5 Å². The Balaban J connectivity index is 3.19. The van der Waals surface area contributed by atoms with Crippen molar-refractivity contribution in [3.8, 4) is 0 Å². The molecule has 82 valence electrons. The van der Waals surface area contributed by atoms with E-state index >= 15 is 0 Å². The largest absolute Gasteiger partial charge is 0.467 e. The molecule has 15 heavy (non-hydrogen) atoms. The highest BCUT2D eigenvalue weighted by atomic mass is 19.1. The van der Waals surface area contributed by atoms with E-state index in [1.807, 2.05) is 0 Å². The third-order valence-electron chi connectivity index (χ3n) is 1.74. The second-order valence-corrected chi connectivity index (χ2v) is 2.71. The maximum Gasteiger partial charge on any atom is 0.339 e. The molecule has 1 aromatic rings. The molecule has 0 saturated heterocycles. The summed E-state index contributed by atoms with van der Waals surface area (Å²) in [6, 6.07) is 0.731. The van der Waals surface area contributed by atoms with Crippen LogP contribution in [0.25, 0.3) is 0 Å². The van der Waals surface area contributed by atoms with Crippen molar-refractivity contribution in [3.05, 3.63) is 35.1 Å². The van der Waals surface area contributed by atoms with Gasteiger partial charge in [-0.15, -0.1) is 0 Å². The van der Waals surface area contributed by atoms with Crippen LogP contribution >= 0.6 is 0 Å². The molecule has 0 aliphatic carbocycles. The minimum Gasteiger partial charge on any atom is -0.467 e. The molecule has 0 amide bonds. The molecule has 0 aromatic heterocycles. The number of carbonyl (C=O) groups is 1. The molecular formula is C9H7F3O3. The van der Waals surface area contributed by atoms with Crippen LogP contribution in [-0.2, 0) is 9.53 Å². The van der Waals surface area contributed by atoms with Crippen molar-refractivity contribution in [1.29, 1.82) is 0 Å². The van der Waals surface area contributed by atoms with Gasteiger partial charge >= 0.3 is 5.97 Å². The Kier molecular flexibility index (Phi) is 3.31. The van der Waals surface area contributed by atoms with Gasteiger partial charge in [-0.25, -0.2) is 18.0 Å². The molecule has 1 unspecified atom stereocenters. The molecular weight excluding hydrogens is 213 g/mol. The first kappa shape index (κ1) is 11.5. The summed E-state index contributed by atoms with van der Waals surface area (Å²) < 4.78 is 42.6. The summed E-state index contributed by atoms with van der Waals surface area (Å²) in [6.07, 6.45) is -2.10. The van der Waals surface area contributed by atoms with E-state index in [0.717, 1.165) is 7.11 Å². The van der Waals surface area contributed by atoms with Gasteiger partial charge in [-0.2, -0.15) is 0 Å². The van der Waals surface area contributed by atoms with E-state index in [9.17, 15) is 18.0 Å². The first-order valence-corrected chi connectivity index (χ1v) is 3.87. The highest BCUT2D eigenvalue weighted by Crippen LogP contribution is 2.22. The van der Waals surface area contributed by atoms with Crippen molar-refractivity contribution in [3.63, 3.8) is 0 Å². The van der Waals surface area contributed by atoms with Crippen LogP contribution in [0.2, 0.25) is 0 Å². The van der Waals surface area contributed by atoms with Crippen molar-refractivity contribution in [2.45, 2.75) is 6.10 Å². The Morgan fingerprint density at radius 3 is 2.20 bits per heavy atom. The maximum absolute atomic E-state index is 13.0. The fraction of sp³-hybridized carbons (Fsp3) is 0.222. The van der Waals surface area contributed by atoms with E-state index in [0.29, 0.717) is 12.1 Å². The molecule has 0 bridgehead atoms. The standard InChI is InChI=1S/C9H7F3O3/c1-15-9(14)8(13)7-5(11)2-4(10)3-6(7)12/h2-3,8,13H,1H3. The summed E-state index contributed by atoms with van der Waals surface area (Å²) in [5.41, 5.74) is -0.928. The van der Waals surface area contributed by atoms with Crippen LogP contribution in [0.5, 0.6) is 0 Å². The number of hydrogen-bond acceptors (Lipinski definition) is 3. The zero-order valence-electron chi connectivity index (χ0n) is 7.63. The van der Waals surface area contributed by atoms with Crippen LogP contribution < -0.4 is 0 Å². The molecule has 1 rings (SSSR count). The van der Waals surface area contributed by atoms with Gasteiger partial charge in [-0.05, 0) is 0 Å². The van der Waals surface area contributed by atoms with Crippen LogP contribution in [0.3, 0.4) is 0 Å². The molecule has 1 N–H and O–H groups in total. The van der Waals surface area contributed by atoms with Gasteiger partial charge in [0.05, 0.1) is 12.7 Å². The molecule has 0 spiro atoms. The summed E-state index contributed by atoms with van der Waals surface area (Å²) in [5, 5.41) is 9.16. The Hall–Kier alpha value is -1.56. The number of ether oxygens (including phenoxy) is 1. The van der Waals surface area contributed by atoms with E-state index in [2.05, 4.69) is 4.74 Å². The molecule has 0 fully saturated rings. The first-order valence-electron chi connectivity index (χ1n) is 3.87. The topological polar surface area (TPSA) is 46.5 Å². The lowest BCUT2D eigenvalue weighted by molar-refractivity contribution is -0.151. The van der Waals surface area contributed by atoms with Gasteiger partial charge in [-0.1, -0.05) is 0 Å². The van der Waals surface area contributed by atoms with Crippen molar-refractivity contribution in [1.82, 2.24) is 0 Å². The summed E-state index contributed by atoms with van der Waals surface area (Å²) in [4.78, 5) is 10.8. The predicted octanol–water partition coefficient (Wildman–Crippen LogP) is 1.31. The minimum absolute atomic E-state index is 0.366. The van der Waals surface area contributed by atoms with Crippen molar-refractivity contribution >= 4 is 5.97 Å². The molecule has 0 saturated carbocycles. The molecule has 1 aromatic carbocycles. The lowest BCUT2D eigenvalue weighted by Crippen LogP contribution is -2.16. The van der Waals surface area contributed by atoms with Gasteiger partial charge in [0.2, 0.25) is 0 Å². The maximum atomic E-state index is 13.0. The third kappa shape index (κ3) is 2.27. The average molecular weight is 220 g/mol. The highest BCUT2D eigenvalue weighted by Gasteiger charge is 2.26. The van der Waals surface area contributed by atoms with E-state index in [-0.39, 0.29) is 0 Å². The lowest BCUT2D eigenvalue weighted by atomic mass is 10.1. The SMILES string of the molecule is COC(=O)C(O)c1c(F)cc(F)cc1F. The molecule has 0 aliphatic heterocycles. The van der Waals surface area contributed by atoms with Crippen LogP contribution in [0.1, 0.15) is 11.7 Å². The van der Waals surface area contributed by atoms with Gasteiger partial charge in [0, 0.05) is 12.1 Å².